The predicted molar refractivity (Wildman–Crippen MR) is 56.7 cm³/mol. The Labute approximate surface area is 79.4 Å². The molecule has 0 spiro atoms. The fourth-order valence-electron chi connectivity index (χ4n) is 0.975. The molecule has 1 heteroatoms. The summed E-state index contributed by atoms with van der Waals surface area (Å²) in [5, 5.41) is 0. The molecule has 66 valence electrons. The van der Waals surface area contributed by atoms with Gasteiger partial charge >= 0.3 is 0 Å². The van der Waals surface area contributed by atoms with E-state index in [2.05, 4.69) is 45.0 Å². The summed E-state index contributed by atoms with van der Waals surface area (Å²) in [6, 6.07) is 8.56. The van der Waals surface area contributed by atoms with Crippen molar-refractivity contribution in [3.05, 3.63) is 29.8 Å². The first-order chi connectivity index (χ1) is 5.70. The van der Waals surface area contributed by atoms with Gasteiger partial charge in [-0.2, -0.15) is 0 Å². The smallest absolute Gasteiger partial charge is 0.0101 e. The van der Waals surface area contributed by atoms with E-state index in [0.29, 0.717) is 0 Å². The first-order valence-electron chi connectivity index (χ1n) is 4.38. The molecule has 0 aliphatic heterocycles. The summed E-state index contributed by atoms with van der Waals surface area (Å²) in [5.74, 6) is 1.99. The summed E-state index contributed by atoms with van der Waals surface area (Å²) in [4.78, 5) is 1.42. The average Bonchev–Trinajstić information content (AvgIpc) is 2.03. The molecule has 0 aliphatic rings. The van der Waals surface area contributed by atoms with E-state index in [1.165, 1.54) is 16.2 Å². The fourth-order valence-corrected chi connectivity index (χ4v) is 1.96. The van der Waals surface area contributed by atoms with E-state index in [-0.39, 0.29) is 0 Å². The Morgan fingerprint density at radius 1 is 1.25 bits per heavy atom. The maximum atomic E-state index is 2.26. The number of rotatable bonds is 3. The molecule has 0 aromatic heterocycles. The minimum absolute atomic E-state index is 0.773. The molecule has 0 atom stereocenters. The van der Waals surface area contributed by atoms with Crippen LogP contribution in [0.5, 0.6) is 0 Å². The van der Waals surface area contributed by atoms with E-state index in [9.17, 15) is 0 Å². The van der Waals surface area contributed by atoms with Crippen LogP contribution in [0.15, 0.2) is 29.2 Å². The third-order valence-corrected chi connectivity index (χ3v) is 3.27. The lowest BCUT2D eigenvalue weighted by atomic mass is 10.2. The summed E-state index contributed by atoms with van der Waals surface area (Å²) in [6.45, 7) is 6.68. The van der Waals surface area contributed by atoms with E-state index in [1.54, 1.807) is 0 Å². The predicted octanol–water partition coefficient (Wildman–Crippen LogP) is 3.74. The largest absolute Gasteiger partial charge is 0.126 e. The highest BCUT2D eigenvalue weighted by Crippen LogP contribution is 2.23. The molecule has 12 heavy (non-hydrogen) atoms. The monoisotopic (exact) mass is 180 g/mol. The van der Waals surface area contributed by atoms with Gasteiger partial charge in [-0.25, -0.2) is 0 Å². The Morgan fingerprint density at radius 3 is 2.50 bits per heavy atom. The molecule has 0 fully saturated rings. The summed E-state index contributed by atoms with van der Waals surface area (Å²) in [6.07, 6.45) is 0. The maximum Gasteiger partial charge on any atom is 0.0101 e. The van der Waals surface area contributed by atoms with Gasteiger partial charge in [0.2, 0.25) is 0 Å². The van der Waals surface area contributed by atoms with Crippen LogP contribution in [-0.2, 0) is 0 Å². The van der Waals surface area contributed by atoms with Crippen molar-refractivity contribution in [3.63, 3.8) is 0 Å². The molecular formula is C11H16S. The third kappa shape index (κ3) is 2.90. The third-order valence-electron chi connectivity index (χ3n) is 1.67. The van der Waals surface area contributed by atoms with Gasteiger partial charge in [0, 0.05) is 10.6 Å². The van der Waals surface area contributed by atoms with Crippen molar-refractivity contribution in [2.75, 3.05) is 5.75 Å². The van der Waals surface area contributed by atoms with E-state index in [0.717, 1.165) is 5.92 Å². The Bertz CT molecular complexity index is 241. The molecule has 0 saturated heterocycles. The lowest BCUT2D eigenvalue weighted by Crippen LogP contribution is -1.90. The van der Waals surface area contributed by atoms with E-state index in [4.69, 9.17) is 0 Å². The molecule has 0 N–H and O–H groups in total. The van der Waals surface area contributed by atoms with Crippen molar-refractivity contribution in [1.29, 1.82) is 0 Å². The van der Waals surface area contributed by atoms with Crippen molar-refractivity contribution in [2.45, 2.75) is 25.7 Å². The van der Waals surface area contributed by atoms with Crippen LogP contribution in [-0.4, -0.2) is 5.75 Å². The van der Waals surface area contributed by atoms with Crippen LogP contribution in [0.2, 0.25) is 0 Å². The number of hydrogen-bond donors (Lipinski definition) is 0. The molecule has 0 heterocycles. The van der Waals surface area contributed by atoms with Crippen LogP contribution in [0.4, 0.5) is 0 Å². The number of aryl methyl sites for hydroxylation is 1. The fraction of sp³-hybridized carbons (Fsp3) is 0.455. The highest BCUT2D eigenvalue weighted by atomic mass is 32.2. The molecule has 1 rings (SSSR count). The first-order valence-corrected chi connectivity index (χ1v) is 5.37. The van der Waals surface area contributed by atoms with E-state index >= 15 is 0 Å². The van der Waals surface area contributed by atoms with Gasteiger partial charge in [0.25, 0.3) is 0 Å². The van der Waals surface area contributed by atoms with Gasteiger partial charge in [-0.15, -0.1) is 11.8 Å². The summed E-state index contributed by atoms with van der Waals surface area (Å²) >= 11 is 1.96. The maximum absolute atomic E-state index is 2.26. The summed E-state index contributed by atoms with van der Waals surface area (Å²) in [7, 11) is 0. The van der Waals surface area contributed by atoms with Gasteiger partial charge in [0.05, 0.1) is 0 Å². The summed E-state index contributed by atoms with van der Waals surface area (Å²) in [5.41, 5.74) is 1.39. The molecule has 1 aromatic carbocycles. The molecule has 0 amide bonds. The topological polar surface area (TPSA) is 0 Å². The van der Waals surface area contributed by atoms with Gasteiger partial charge in [-0.3, -0.25) is 0 Å². The van der Waals surface area contributed by atoms with Crippen molar-refractivity contribution in [3.8, 4) is 0 Å². The highest BCUT2D eigenvalue weighted by molar-refractivity contribution is 7.99. The van der Waals surface area contributed by atoms with Crippen LogP contribution in [0.3, 0.4) is 0 Å². The Balaban J connectivity index is 2.57. The zero-order valence-electron chi connectivity index (χ0n) is 8.00. The minimum atomic E-state index is 0.773. The van der Waals surface area contributed by atoms with Gasteiger partial charge in [0.1, 0.15) is 0 Å². The Kier molecular flexibility index (Phi) is 3.67. The normalized spacial score (nSPS) is 10.7. The quantitative estimate of drug-likeness (QED) is 0.638. The van der Waals surface area contributed by atoms with Crippen molar-refractivity contribution in [1.82, 2.24) is 0 Å². The zero-order valence-corrected chi connectivity index (χ0v) is 8.82. The summed E-state index contributed by atoms with van der Waals surface area (Å²) < 4.78 is 0. The van der Waals surface area contributed by atoms with Gasteiger partial charge in [-0.05, 0) is 24.5 Å². The van der Waals surface area contributed by atoms with Gasteiger partial charge < -0.3 is 0 Å². The SMILES string of the molecule is Cc1ccccc1SCC(C)C. The molecule has 0 nitrogen and oxygen atoms in total. The minimum Gasteiger partial charge on any atom is -0.126 e. The van der Waals surface area contributed by atoms with Crippen LogP contribution in [0, 0.1) is 12.8 Å². The van der Waals surface area contributed by atoms with Crippen molar-refractivity contribution >= 4 is 11.8 Å². The molecule has 0 bridgehead atoms. The van der Waals surface area contributed by atoms with E-state index in [1.807, 2.05) is 11.8 Å². The Hall–Kier alpha value is -0.430. The highest BCUT2D eigenvalue weighted by Gasteiger charge is 1.98. The number of thioether (sulfide) groups is 1. The molecule has 0 radical (unpaired) electrons. The average molecular weight is 180 g/mol. The second kappa shape index (κ2) is 4.56. The molecule has 0 aliphatic carbocycles. The van der Waals surface area contributed by atoms with Crippen LogP contribution >= 0.6 is 11.8 Å². The Morgan fingerprint density at radius 2 is 1.92 bits per heavy atom. The van der Waals surface area contributed by atoms with Crippen molar-refractivity contribution < 1.29 is 0 Å². The lowest BCUT2D eigenvalue weighted by molar-refractivity contribution is 0.750. The molecule has 0 unspecified atom stereocenters. The van der Waals surface area contributed by atoms with Gasteiger partial charge in [-0.1, -0.05) is 32.0 Å². The first kappa shape index (κ1) is 9.66. The van der Waals surface area contributed by atoms with Gasteiger partial charge in [0.15, 0.2) is 0 Å². The van der Waals surface area contributed by atoms with Crippen LogP contribution in [0.1, 0.15) is 19.4 Å². The molecular weight excluding hydrogens is 164 g/mol. The number of hydrogen-bond acceptors (Lipinski definition) is 1. The second-order valence-electron chi connectivity index (χ2n) is 3.47. The van der Waals surface area contributed by atoms with Crippen molar-refractivity contribution in [2.24, 2.45) is 5.92 Å². The standard InChI is InChI=1S/C11H16S/c1-9(2)8-12-11-7-5-4-6-10(11)3/h4-7,9H,8H2,1-3H3. The van der Waals surface area contributed by atoms with E-state index < -0.39 is 0 Å². The van der Waals surface area contributed by atoms with Crippen LogP contribution in [0.25, 0.3) is 0 Å². The number of benzene rings is 1. The lowest BCUT2D eigenvalue weighted by Gasteiger charge is -2.06. The zero-order chi connectivity index (χ0) is 8.97. The molecule has 0 saturated carbocycles. The second-order valence-corrected chi connectivity index (χ2v) is 4.53. The molecule has 1 aromatic rings. The van der Waals surface area contributed by atoms with Crippen LogP contribution < -0.4 is 0 Å².